The minimum absolute atomic E-state index is 0.0887. The van der Waals surface area contributed by atoms with E-state index in [1.54, 1.807) is 42.5 Å². The molecule has 1 aliphatic heterocycles. The second-order valence-corrected chi connectivity index (χ2v) is 11.4. The average Bonchev–Trinajstić information content (AvgIpc) is 3.77. The number of rotatable bonds is 8. The topological polar surface area (TPSA) is 128 Å². The fourth-order valence-electron chi connectivity index (χ4n) is 5.35. The summed E-state index contributed by atoms with van der Waals surface area (Å²) in [5.74, 6) is -1.03. The van der Waals surface area contributed by atoms with Crippen LogP contribution in [0.15, 0.2) is 77.9 Å². The molecular formula is C32H31ClFN5O3. The summed E-state index contributed by atoms with van der Waals surface area (Å²) in [7, 11) is 0. The first-order valence-corrected chi connectivity index (χ1v) is 14.3. The van der Waals surface area contributed by atoms with Crippen molar-refractivity contribution in [1.29, 1.82) is 5.26 Å². The van der Waals surface area contributed by atoms with Crippen LogP contribution in [0.5, 0.6) is 0 Å². The van der Waals surface area contributed by atoms with Gasteiger partial charge in [0.2, 0.25) is 5.91 Å². The zero-order valence-electron chi connectivity index (χ0n) is 22.9. The molecular weight excluding hydrogens is 557 g/mol. The van der Waals surface area contributed by atoms with Crippen LogP contribution < -0.4 is 16.4 Å². The maximum Gasteiger partial charge on any atom is 0.322 e. The first kappa shape index (κ1) is 29.2. The van der Waals surface area contributed by atoms with Gasteiger partial charge in [-0.2, -0.15) is 5.26 Å². The van der Waals surface area contributed by atoms with E-state index in [1.807, 2.05) is 12.2 Å². The third-order valence-electron chi connectivity index (χ3n) is 8.00. The molecule has 216 valence electrons. The van der Waals surface area contributed by atoms with E-state index in [9.17, 15) is 19.6 Å². The van der Waals surface area contributed by atoms with Crippen molar-refractivity contribution >= 4 is 40.7 Å². The number of nitrogens with two attached hydrogens (primary N) is 1. The van der Waals surface area contributed by atoms with Gasteiger partial charge in [0.1, 0.15) is 11.9 Å². The fourth-order valence-corrected chi connectivity index (χ4v) is 5.47. The van der Waals surface area contributed by atoms with Crippen molar-refractivity contribution in [2.45, 2.75) is 50.1 Å². The molecule has 2 aliphatic carbocycles. The van der Waals surface area contributed by atoms with Crippen molar-refractivity contribution in [2.24, 2.45) is 11.7 Å². The Labute approximate surface area is 248 Å². The van der Waals surface area contributed by atoms with E-state index < -0.39 is 29.3 Å². The minimum atomic E-state index is -1.12. The van der Waals surface area contributed by atoms with Crippen molar-refractivity contribution in [2.75, 3.05) is 17.2 Å². The maximum atomic E-state index is 15.1. The highest BCUT2D eigenvalue weighted by Gasteiger charge is 2.40. The summed E-state index contributed by atoms with van der Waals surface area (Å²) in [5.41, 5.74) is 8.53. The molecule has 1 saturated heterocycles. The van der Waals surface area contributed by atoms with Gasteiger partial charge in [-0.15, -0.1) is 0 Å². The number of ketones is 1. The SMILES string of the molecule is N#CC1=CCC(C(N)(CCC2CC2)c2ccc(F)c(NC(=O)[C@H]3CC(=O)CN3C(=O)Nc3ccc(Cl)cc3)c2)=CC=C1. The van der Waals surface area contributed by atoms with Crippen LogP contribution in [0, 0.1) is 23.1 Å². The highest BCUT2D eigenvalue weighted by Crippen LogP contribution is 2.42. The van der Waals surface area contributed by atoms with Crippen molar-refractivity contribution in [3.8, 4) is 6.07 Å². The number of carbonyl (C=O) groups excluding carboxylic acids is 3. The first-order chi connectivity index (χ1) is 20.2. The maximum absolute atomic E-state index is 15.1. The molecule has 4 N–H and O–H groups in total. The summed E-state index contributed by atoms with van der Waals surface area (Å²) in [6, 6.07) is 11.2. The largest absolute Gasteiger partial charge is 0.322 e. The average molecular weight is 588 g/mol. The lowest BCUT2D eigenvalue weighted by atomic mass is 9.77. The van der Waals surface area contributed by atoms with E-state index in [0.717, 1.165) is 29.7 Å². The van der Waals surface area contributed by atoms with Crippen LogP contribution in [-0.4, -0.2) is 35.2 Å². The van der Waals surface area contributed by atoms with Crippen LogP contribution in [0.1, 0.15) is 44.1 Å². The Morgan fingerprint density at radius 1 is 1.17 bits per heavy atom. The van der Waals surface area contributed by atoms with Gasteiger partial charge in [0.05, 0.1) is 23.8 Å². The first-order valence-electron chi connectivity index (χ1n) is 13.9. The van der Waals surface area contributed by atoms with E-state index in [1.165, 1.54) is 12.1 Å². The van der Waals surface area contributed by atoms with Crippen molar-refractivity contribution < 1.29 is 18.8 Å². The molecule has 2 aromatic carbocycles. The van der Waals surface area contributed by atoms with Gasteiger partial charge in [-0.05, 0) is 78.8 Å². The molecule has 1 unspecified atom stereocenters. The third-order valence-corrected chi connectivity index (χ3v) is 8.26. The van der Waals surface area contributed by atoms with Gasteiger partial charge in [-0.3, -0.25) is 9.59 Å². The Hall–Kier alpha value is -4.26. The van der Waals surface area contributed by atoms with Crippen LogP contribution in [0.25, 0.3) is 0 Å². The molecule has 10 heteroatoms. The van der Waals surface area contributed by atoms with Gasteiger partial charge < -0.3 is 21.3 Å². The van der Waals surface area contributed by atoms with Crippen molar-refractivity contribution in [3.05, 3.63) is 94.3 Å². The Morgan fingerprint density at radius 2 is 1.93 bits per heavy atom. The van der Waals surface area contributed by atoms with Crippen molar-refractivity contribution in [1.82, 2.24) is 4.90 Å². The number of hydrogen-bond acceptors (Lipinski definition) is 5. The molecule has 0 spiro atoms. The third kappa shape index (κ3) is 6.62. The molecule has 2 fully saturated rings. The number of hydrogen-bond donors (Lipinski definition) is 3. The highest BCUT2D eigenvalue weighted by molar-refractivity contribution is 6.30. The van der Waals surface area contributed by atoms with Gasteiger partial charge >= 0.3 is 6.03 Å². The van der Waals surface area contributed by atoms with Gasteiger partial charge in [-0.1, -0.05) is 48.7 Å². The summed E-state index contributed by atoms with van der Waals surface area (Å²) < 4.78 is 15.1. The van der Waals surface area contributed by atoms with Crippen LogP contribution in [0.2, 0.25) is 5.02 Å². The van der Waals surface area contributed by atoms with Gasteiger partial charge in [0.15, 0.2) is 5.78 Å². The number of carbonyl (C=O) groups is 3. The summed E-state index contributed by atoms with van der Waals surface area (Å²) in [6.07, 6.45) is 11.3. The molecule has 0 aromatic heterocycles. The summed E-state index contributed by atoms with van der Waals surface area (Å²) in [6.45, 7) is -0.243. The predicted octanol–water partition coefficient (Wildman–Crippen LogP) is 5.97. The molecule has 42 heavy (non-hydrogen) atoms. The number of likely N-dealkylation sites (tertiary alicyclic amines) is 1. The molecule has 3 aliphatic rings. The number of nitriles is 1. The summed E-state index contributed by atoms with van der Waals surface area (Å²) in [4.78, 5) is 39.8. The predicted molar refractivity (Wildman–Crippen MR) is 159 cm³/mol. The molecule has 0 radical (unpaired) electrons. The Balaban J connectivity index is 1.37. The second kappa shape index (κ2) is 12.3. The summed E-state index contributed by atoms with van der Waals surface area (Å²) >= 11 is 5.91. The summed E-state index contributed by atoms with van der Waals surface area (Å²) in [5, 5.41) is 15.1. The van der Waals surface area contributed by atoms with E-state index in [2.05, 4.69) is 16.7 Å². The fraction of sp³-hybridized carbons (Fsp3) is 0.312. The second-order valence-electron chi connectivity index (χ2n) is 11.0. The number of amides is 3. The monoisotopic (exact) mass is 587 g/mol. The Kier molecular flexibility index (Phi) is 8.57. The van der Waals surface area contributed by atoms with Crippen LogP contribution in [-0.2, 0) is 15.1 Å². The van der Waals surface area contributed by atoms with E-state index in [-0.39, 0.29) is 24.4 Å². The number of urea groups is 1. The van der Waals surface area contributed by atoms with E-state index in [4.69, 9.17) is 17.3 Å². The minimum Gasteiger partial charge on any atom is -0.322 e. The van der Waals surface area contributed by atoms with Gasteiger partial charge in [0.25, 0.3) is 0 Å². The number of halogens is 2. The van der Waals surface area contributed by atoms with Crippen LogP contribution >= 0.6 is 11.6 Å². The Bertz CT molecular complexity index is 1540. The molecule has 0 bridgehead atoms. The lowest BCUT2D eigenvalue weighted by Gasteiger charge is -2.33. The normalized spacial score (nSPS) is 19.7. The van der Waals surface area contributed by atoms with Crippen molar-refractivity contribution in [3.63, 3.8) is 0 Å². The molecule has 2 atom stereocenters. The lowest BCUT2D eigenvalue weighted by molar-refractivity contribution is -0.121. The zero-order valence-corrected chi connectivity index (χ0v) is 23.7. The van der Waals surface area contributed by atoms with Gasteiger partial charge in [-0.25, -0.2) is 9.18 Å². The molecule has 5 rings (SSSR count). The molecule has 1 heterocycles. The number of anilines is 2. The van der Waals surface area contributed by atoms with Crippen LogP contribution in [0.4, 0.5) is 20.6 Å². The standard InChI is InChI=1S/C32H31ClFN5O3/c33-24-9-11-25(12-10-24)37-31(42)39-19-26(40)17-29(39)30(41)38-28-16-23(8-13-27(28)34)32(36,15-14-20-4-5-20)22-3-1-2-21(18-35)6-7-22/h1-3,6,8-13,16,20,29H,4-5,7,14-15,17,19,36H2,(H,37,42)(H,38,41)/t29-,32?/m1/s1. The number of nitrogens with one attached hydrogen (secondary N) is 2. The number of Topliss-reactive ketones (excluding diaryl/α,β-unsaturated/α-hetero) is 1. The molecule has 3 amide bonds. The number of nitrogens with zero attached hydrogens (tertiary/aromatic N) is 2. The Morgan fingerprint density at radius 3 is 2.64 bits per heavy atom. The number of allylic oxidation sites excluding steroid dienone is 5. The molecule has 8 nitrogen and oxygen atoms in total. The lowest BCUT2D eigenvalue weighted by Crippen LogP contribution is -2.45. The quantitative estimate of drug-likeness (QED) is 0.350. The molecule has 1 saturated carbocycles. The number of benzene rings is 2. The van der Waals surface area contributed by atoms with Crippen LogP contribution in [0.3, 0.4) is 0 Å². The highest BCUT2D eigenvalue weighted by atomic mass is 35.5. The van der Waals surface area contributed by atoms with E-state index >= 15 is 4.39 Å². The van der Waals surface area contributed by atoms with E-state index in [0.29, 0.717) is 40.6 Å². The smallest absolute Gasteiger partial charge is 0.322 e. The molecule has 2 aromatic rings. The zero-order chi connectivity index (χ0) is 29.9. The van der Waals surface area contributed by atoms with Gasteiger partial charge in [0, 0.05) is 22.7 Å².